The molecule has 0 saturated carbocycles. The van der Waals surface area contributed by atoms with Crippen molar-refractivity contribution in [1.29, 1.82) is 0 Å². The summed E-state index contributed by atoms with van der Waals surface area (Å²) < 4.78 is 21.1. The number of nitrogen functional groups attached to an aromatic ring is 1. The Labute approximate surface area is 187 Å². The van der Waals surface area contributed by atoms with Gasteiger partial charge in [0.2, 0.25) is 11.7 Å². The van der Waals surface area contributed by atoms with Crippen molar-refractivity contribution in [1.82, 2.24) is 5.06 Å². The number of hydroxylamine groups is 2. The summed E-state index contributed by atoms with van der Waals surface area (Å²) in [6, 6.07) is 10.3. The Morgan fingerprint density at radius 3 is 2.78 bits per heavy atom. The molecule has 0 aromatic heterocycles. The Balaban J connectivity index is 1.82. The first kappa shape index (κ1) is 22.1. The summed E-state index contributed by atoms with van der Waals surface area (Å²) in [6.07, 6.45) is 2.75. The van der Waals surface area contributed by atoms with Crippen LogP contribution in [-0.4, -0.2) is 35.9 Å². The van der Waals surface area contributed by atoms with Crippen LogP contribution in [0, 0.1) is 11.7 Å². The zero-order chi connectivity index (χ0) is 23.0. The number of hydrogen-bond acceptors (Lipinski definition) is 7. The molecule has 8 heteroatoms. The van der Waals surface area contributed by atoms with Crippen LogP contribution in [0.3, 0.4) is 0 Å². The van der Waals surface area contributed by atoms with Gasteiger partial charge in [-0.2, -0.15) is 0 Å². The molecule has 5 N–H and O–H groups in total. The third-order valence-electron chi connectivity index (χ3n) is 5.89. The van der Waals surface area contributed by atoms with E-state index in [4.69, 9.17) is 21.0 Å². The maximum atomic E-state index is 14.7. The van der Waals surface area contributed by atoms with Gasteiger partial charge in [-0.25, -0.2) is 19.3 Å². The number of ether oxygens (including phenoxy) is 1. The summed E-state index contributed by atoms with van der Waals surface area (Å²) >= 11 is 0. The van der Waals surface area contributed by atoms with Crippen LogP contribution in [0.4, 0.5) is 10.1 Å². The van der Waals surface area contributed by atoms with E-state index in [0.29, 0.717) is 35.3 Å². The lowest BCUT2D eigenvalue weighted by atomic mass is 9.84. The van der Waals surface area contributed by atoms with Crippen LogP contribution in [0.25, 0.3) is 11.1 Å². The van der Waals surface area contributed by atoms with Crippen LogP contribution in [0.2, 0.25) is 0 Å². The van der Waals surface area contributed by atoms with Crippen molar-refractivity contribution in [2.45, 2.75) is 38.5 Å². The third-order valence-corrected chi connectivity index (χ3v) is 5.89. The second kappa shape index (κ2) is 8.44. The van der Waals surface area contributed by atoms with Gasteiger partial charge in [0, 0.05) is 31.6 Å². The molecule has 0 aliphatic carbocycles. The second-order valence-electron chi connectivity index (χ2n) is 8.54. The molecule has 32 heavy (non-hydrogen) atoms. The van der Waals surface area contributed by atoms with E-state index in [1.54, 1.807) is 31.3 Å². The number of fused-ring (bicyclic) bond motifs is 2. The minimum Gasteiger partial charge on any atom is -0.489 e. The smallest absolute Gasteiger partial charge is 0.221 e. The van der Waals surface area contributed by atoms with E-state index < -0.39 is 11.5 Å². The number of halogens is 1. The van der Waals surface area contributed by atoms with E-state index in [0.717, 1.165) is 5.57 Å². The molecular formula is C24H29FN4O3. The maximum absolute atomic E-state index is 14.7. The molecule has 4 rings (SSSR count). The molecule has 3 atom stereocenters. The number of nitrogens with zero attached hydrogens (tertiary/aromatic N) is 2. The van der Waals surface area contributed by atoms with Crippen LogP contribution in [0.15, 0.2) is 53.0 Å². The highest BCUT2D eigenvalue weighted by atomic mass is 19.1. The van der Waals surface area contributed by atoms with Crippen molar-refractivity contribution in [3.63, 3.8) is 0 Å². The molecule has 170 valence electrons. The fourth-order valence-corrected chi connectivity index (χ4v) is 4.40. The lowest BCUT2D eigenvalue weighted by Gasteiger charge is -2.39. The zero-order valence-electron chi connectivity index (χ0n) is 18.5. The molecule has 2 aromatic rings. The molecule has 2 aromatic carbocycles. The van der Waals surface area contributed by atoms with E-state index in [2.05, 4.69) is 11.1 Å². The molecule has 1 spiro atoms. The average Bonchev–Trinajstić information content (AvgIpc) is 3.03. The Bertz CT molecular complexity index is 1080. The highest BCUT2D eigenvalue weighted by Gasteiger charge is 2.50. The number of hydrogen-bond donors (Lipinski definition) is 3. The van der Waals surface area contributed by atoms with Gasteiger partial charge in [-0.15, -0.1) is 0 Å². The van der Waals surface area contributed by atoms with Gasteiger partial charge < -0.3 is 21.3 Å². The number of aliphatic imine (C=N–C) groups is 1. The fourth-order valence-electron chi connectivity index (χ4n) is 4.40. The van der Waals surface area contributed by atoms with Crippen LogP contribution >= 0.6 is 0 Å². The minimum atomic E-state index is -1.10. The van der Waals surface area contributed by atoms with Gasteiger partial charge in [-0.05, 0) is 44.0 Å². The second-order valence-corrected chi connectivity index (χ2v) is 8.54. The predicted octanol–water partition coefficient (Wildman–Crippen LogP) is 3.54. The normalized spacial score (nSPS) is 22.8. The van der Waals surface area contributed by atoms with E-state index in [1.807, 2.05) is 19.9 Å². The van der Waals surface area contributed by atoms with Gasteiger partial charge in [-0.1, -0.05) is 29.8 Å². The summed E-state index contributed by atoms with van der Waals surface area (Å²) in [4.78, 5) is 10.8. The minimum absolute atomic E-state index is 0.0352. The van der Waals surface area contributed by atoms with Crippen LogP contribution in [0.1, 0.15) is 32.3 Å². The van der Waals surface area contributed by atoms with Crippen molar-refractivity contribution in [3.05, 3.63) is 59.4 Å². The van der Waals surface area contributed by atoms with Crippen molar-refractivity contribution in [2.24, 2.45) is 16.6 Å². The number of benzene rings is 2. The molecule has 0 fully saturated rings. The topological polar surface area (TPSA) is 106 Å². The summed E-state index contributed by atoms with van der Waals surface area (Å²) in [6.45, 7) is 4.06. The summed E-state index contributed by atoms with van der Waals surface area (Å²) in [5.74, 6) is 0.325. The first-order chi connectivity index (χ1) is 15.2. The first-order valence-corrected chi connectivity index (χ1v) is 10.6. The van der Waals surface area contributed by atoms with E-state index >= 15 is 0 Å². The number of aliphatic hydroxyl groups is 1. The number of rotatable bonds is 5. The molecule has 0 saturated heterocycles. The van der Waals surface area contributed by atoms with Crippen molar-refractivity contribution in [3.8, 4) is 16.9 Å². The number of guanidine groups is 1. The maximum Gasteiger partial charge on any atom is 0.221 e. The van der Waals surface area contributed by atoms with Gasteiger partial charge in [0.15, 0.2) is 5.82 Å². The van der Waals surface area contributed by atoms with Gasteiger partial charge >= 0.3 is 0 Å². The van der Waals surface area contributed by atoms with Crippen LogP contribution in [-0.2, 0) is 10.6 Å². The predicted molar refractivity (Wildman–Crippen MR) is 122 cm³/mol. The zero-order valence-corrected chi connectivity index (χ0v) is 18.5. The number of allylic oxidation sites excluding steroid dienone is 1. The highest BCUT2D eigenvalue weighted by molar-refractivity contribution is 5.79. The van der Waals surface area contributed by atoms with E-state index in [-0.39, 0.29) is 30.3 Å². The van der Waals surface area contributed by atoms with Gasteiger partial charge in [-0.3, -0.25) is 0 Å². The van der Waals surface area contributed by atoms with Gasteiger partial charge in [0.25, 0.3) is 0 Å². The monoisotopic (exact) mass is 440 g/mol. The van der Waals surface area contributed by atoms with Crippen LogP contribution < -0.4 is 16.2 Å². The third kappa shape index (κ3) is 3.91. The van der Waals surface area contributed by atoms with Crippen molar-refractivity contribution in [2.75, 3.05) is 19.4 Å². The highest BCUT2D eigenvalue weighted by Crippen LogP contribution is 2.49. The molecule has 3 unspecified atom stereocenters. The molecule has 2 aliphatic rings. The molecule has 0 radical (unpaired) electrons. The Hall–Kier alpha value is -3.10. The Kier molecular flexibility index (Phi) is 5.83. The fraction of sp³-hybridized carbons (Fsp3) is 0.375. The number of anilines is 1. The molecule has 2 aliphatic heterocycles. The van der Waals surface area contributed by atoms with E-state index in [9.17, 15) is 9.50 Å². The standard InChI is InChI=1S/C24H29FN4O3/c1-14(2)11-16(9-10-30)21-13-24(28-23(27)29(3)32-24)18-12-15(7-8-20(18)31-21)17-5-4-6-19(26)22(17)25/h4-8,11-12,16,21,30H,9-10,13,26H2,1-3H3,(H2,27,28). The lowest BCUT2D eigenvalue weighted by Crippen LogP contribution is -2.42. The summed E-state index contributed by atoms with van der Waals surface area (Å²) in [7, 11) is 1.69. The Morgan fingerprint density at radius 1 is 1.34 bits per heavy atom. The number of aliphatic hydroxyl groups excluding tert-OH is 1. The van der Waals surface area contributed by atoms with E-state index in [1.165, 1.54) is 11.1 Å². The van der Waals surface area contributed by atoms with Crippen molar-refractivity contribution < 1.29 is 19.1 Å². The molecule has 7 nitrogen and oxygen atoms in total. The molecule has 2 heterocycles. The Morgan fingerprint density at radius 2 is 2.12 bits per heavy atom. The quantitative estimate of drug-likeness (QED) is 0.485. The first-order valence-electron chi connectivity index (χ1n) is 10.6. The molecule has 0 amide bonds. The molecular weight excluding hydrogens is 411 g/mol. The number of nitrogens with two attached hydrogens (primary N) is 2. The lowest BCUT2D eigenvalue weighted by molar-refractivity contribution is -0.193. The largest absolute Gasteiger partial charge is 0.489 e. The SMILES string of the molecule is CC(C)=CC(CCO)C1CC2(N=C(N)N(C)O2)c2cc(-c3cccc(N)c3F)ccc2O1. The van der Waals surface area contributed by atoms with Gasteiger partial charge in [0.1, 0.15) is 11.9 Å². The average molecular weight is 441 g/mol. The molecule has 0 bridgehead atoms. The van der Waals surface area contributed by atoms with Gasteiger partial charge in [0.05, 0.1) is 11.3 Å². The summed E-state index contributed by atoms with van der Waals surface area (Å²) in [5.41, 5.74) is 13.6. The van der Waals surface area contributed by atoms with Crippen LogP contribution in [0.5, 0.6) is 5.75 Å². The summed E-state index contributed by atoms with van der Waals surface area (Å²) in [5, 5.41) is 11.0. The van der Waals surface area contributed by atoms with Crippen molar-refractivity contribution >= 4 is 11.6 Å².